The van der Waals surface area contributed by atoms with E-state index >= 15 is 0 Å². The highest BCUT2D eigenvalue weighted by Gasteiger charge is 2.68. The third-order valence-corrected chi connectivity index (χ3v) is 7.78. The lowest BCUT2D eigenvalue weighted by Crippen LogP contribution is -2.74. The average Bonchev–Trinajstić information content (AvgIpc) is 2.97. The van der Waals surface area contributed by atoms with Crippen LogP contribution in [-0.2, 0) is 19.1 Å². The molecule has 2 saturated heterocycles. The maximum atomic E-state index is 13.5. The number of carbonyl (C=O) groups is 3. The van der Waals surface area contributed by atoms with Crippen molar-refractivity contribution in [1.29, 1.82) is 0 Å². The molecular weight excluding hydrogens is 376 g/mol. The Balaban J connectivity index is 2.15. The topological polar surface area (TPSA) is 87.1 Å². The van der Waals surface area contributed by atoms with Crippen LogP contribution in [0.15, 0.2) is 23.8 Å². The van der Waals surface area contributed by atoms with Crippen molar-refractivity contribution in [2.45, 2.75) is 35.2 Å². The number of allylic oxidation sites excluding steroid dienone is 2. The fraction of sp³-hybridized carbons (Fsp3) is 0.588. The van der Waals surface area contributed by atoms with Gasteiger partial charge in [0.05, 0.1) is 12.6 Å². The number of ether oxygens (including phenoxy) is 1. The molecule has 1 N–H and O–H groups in total. The normalized spacial score (nSPS) is 36.0. The third kappa shape index (κ3) is 2.36. The van der Waals surface area contributed by atoms with Gasteiger partial charge in [-0.15, -0.1) is 23.5 Å². The molecule has 0 radical (unpaired) electrons. The minimum Gasteiger partial charge on any atom is -0.456 e. The zero-order valence-electron chi connectivity index (χ0n) is 15.1. The smallest absolute Gasteiger partial charge is 0.303 e. The van der Waals surface area contributed by atoms with E-state index in [9.17, 15) is 19.5 Å². The Kier molecular flexibility index (Phi) is 4.91. The van der Waals surface area contributed by atoms with Gasteiger partial charge in [-0.05, 0) is 24.2 Å². The van der Waals surface area contributed by atoms with Gasteiger partial charge in [-0.25, -0.2) is 0 Å². The van der Waals surface area contributed by atoms with E-state index in [0.29, 0.717) is 6.42 Å². The van der Waals surface area contributed by atoms with Crippen LogP contribution in [-0.4, -0.2) is 80.7 Å². The number of thioether (sulfide) groups is 2. The van der Waals surface area contributed by atoms with E-state index in [4.69, 9.17) is 4.74 Å². The van der Waals surface area contributed by atoms with Crippen LogP contribution >= 0.6 is 23.5 Å². The maximum Gasteiger partial charge on any atom is 0.303 e. The van der Waals surface area contributed by atoms with Crippen molar-refractivity contribution < 1.29 is 24.2 Å². The first-order valence-electron chi connectivity index (χ1n) is 8.16. The lowest BCUT2D eigenvalue weighted by atomic mass is 9.96. The van der Waals surface area contributed by atoms with E-state index < -0.39 is 34.5 Å². The van der Waals surface area contributed by atoms with Crippen molar-refractivity contribution in [3.8, 4) is 0 Å². The predicted molar refractivity (Wildman–Crippen MR) is 100 cm³/mol. The van der Waals surface area contributed by atoms with Crippen molar-refractivity contribution >= 4 is 41.3 Å². The quantitative estimate of drug-likeness (QED) is 0.694. The summed E-state index contributed by atoms with van der Waals surface area (Å²) in [5, 5.41) is 10.0. The summed E-state index contributed by atoms with van der Waals surface area (Å²) in [6.07, 6.45) is 8.59. The summed E-state index contributed by atoms with van der Waals surface area (Å²) in [5.41, 5.74) is 0.873. The maximum absolute atomic E-state index is 13.5. The Hall–Kier alpha value is -1.45. The Morgan fingerprint density at radius 1 is 1.35 bits per heavy atom. The SMILES string of the molecule is CS[C@]1(CO)C(=O)N2[C@H]3C(=CC=C[C@@H]3OC(C)=O)C[C@@]2(SC)C(=O)N1C. The van der Waals surface area contributed by atoms with Crippen molar-refractivity contribution in [2.75, 3.05) is 26.2 Å². The molecule has 26 heavy (non-hydrogen) atoms. The molecule has 1 aliphatic carbocycles. The fourth-order valence-corrected chi connectivity index (χ4v) is 5.78. The number of nitrogens with zero attached hydrogens (tertiary/aromatic N) is 2. The number of likely N-dealkylation sites (N-methyl/N-ethyl adjacent to an activating group) is 1. The zero-order valence-corrected chi connectivity index (χ0v) is 16.7. The second-order valence-electron chi connectivity index (χ2n) is 6.50. The van der Waals surface area contributed by atoms with Crippen LogP contribution in [0.1, 0.15) is 13.3 Å². The van der Waals surface area contributed by atoms with Gasteiger partial charge in [-0.3, -0.25) is 14.4 Å². The Labute approximate surface area is 160 Å². The van der Waals surface area contributed by atoms with Crippen molar-refractivity contribution in [1.82, 2.24) is 9.80 Å². The fourth-order valence-electron chi connectivity index (χ4n) is 4.01. The first-order valence-corrected chi connectivity index (χ1v) is 10.6. The third-order valence-electron chi connectivity index (χ3n) is 5.34. The van der Waals surface area contributed by atoms with Crippen LogP contribution in [0, 0.1) is 0 Å². The monoisotopic (exact) mass is 398 g/mol. The molecule has 2 fully saturated rings. The minimum atomic E-state index is -1.38. The van der Waals surface area contributed by atoms with Gasteiger partial charge in [0.15, 0.2) is 9.74 Å². The van der Waals surface area contributed by atoms with Gasteiger partial charge in [-0.2, -0.15) is 0 Å². The molecule has 142 valence electrons. The van der Waals surface area contributed by atoms with Gasteiger partial charge in [-0.1, -0.05) is 12.2 Å². The molecule has 0 aromatic heterocycles. The molecule has 2 aliphatic heterocycles. The summed E-state index contributed by atoms with van der Waals surface area (Å²) in [5.74, 6) is -1.02. The molecular formula is C17H22N2O5S2. The van der Waals surface area contributed by atoms with Crippen LogP contribution in [0.4, 0.5) is 0 Å². The van der Waals surface area contributed by atoms with E-state index in [1.165, 1.54) is 28.5 Å². The number of hydrogen-bond acceptors (Lipinski definition) is 7. The summed E-state index contributed by atoms with van der Waals surface area (Å²) in [4.78, 5) is 38.9. The molecule has 0 aromatic rings. The number of carbonyl (C=O) groups excluding carboxylic acids is 3. The molecule has 7 nitrogen and oxygen atoms in total. The largest absolute Gasteiger partial charge is 0.456 e. The molecule has 9 heteroatoms. The van der Waals surface area contributed by atoms with Crippen LogP contribution in [0.5, 0.6) is 0 Å². The van der Waals surface area contributed by atoms with Gasteiger partial charge >= 0.3 is 5.97 Å². The summed E-state index contributed by atoms with van der Waals surface area (Å²) in [6, 6.07) is -0.542. The number of aliphatic hydroxyl groups is 1. The predicted octanol–water partition coefficient (Wildman–Crippen LogP) is 0.598. The number of fused-ring (bicyclic) bond motifs is 3. The summed E-state index contributed by atoms with van der Waals surface area (Å²) in [7, 11) is 1.56. The zero-order chi connectivity index (χ0) is 19.3. The van der Waals surface area contributed by atoms with Crippen molar-refractivity contribution in [3.05, 3.63) is 23.8 Å². The Morgan fingerprint density at radius 2 is 2.04 bits per heavy atom. The van der Waals surface area contributed by atoms with Crippen LogP contribution in [0.25, 0.3) is 0 Å². The first kappa shape index (κ1) is 19.3. The van der Waals surface area contributed by atoms with Gasteiger partial charge in [0.25, 0.3) is 11.8 Å². The molecule has 2 amide bonds. The second kappa shape index (κ2) is 6.61. The van der Waals surface area contributed by atoms with Gasteiger partial charge in [0, 0.05) is 20.4 Å². The Bertz CT molecular complexity index is 718. The number of amides is 2. The van der Waals surface area contributed by atoms with E-state index in [1.54, 1.807) is 31.7 Å². The number of piperazine rings is 1. The number of esters is 1. The van der Waals surface area contributed by atoms with Crippen molar-refractivity contribution in [3.63, 3.8) is 0 Å². The molecule has 3 rings (SSSR count). The summed E-state index contributed by atoms with van der Waals surface area (Å²) in [6.45, 7) is 0.829. The Morgan fingerprint density at radius 3 is 2.58 bits per heavy atom. The molecule has 3 aliphatic rings. The number of rotatable bonds is 4. The molecule has 4 atom stereocenters. The molecule has 2 heterocycles. The molecule has 0 saturated carbocycles. The van der Waals surface area contributed by atoms with E-state index in [-0.39, 0.29) is 11.8 Å². The van der Waals surface area contributed by atoms with Gasteiger partial charge < -0.3 is 19.6 Å². The highest BCUT2D eigenvalue weighted by molar-refractivity contribution is 8.01. The van der Waals surface area contributed by atoms with Gasteiger partial charge in [0.2, 0.25) is 0 Å². The number of hydrogen-bond donors (Lipinski definition) is 1. The summed E-state index contributed by atoms with van der Waals surface area (Å²) >= 11 is 2.44. The second-order valence-corrected chi connectivity index (χ2v) is 8.66. The highest BCUT2D eigenvalue weighted by Crippen LogP contribution is 2.53. The molecule has 0 aromatic carbocycles. The average molecular weight is 399 g/mol. The standard InChI is InChI=1S/C17H22N2O5S2/c1-10(21)24-12-7-5-6-11-8-16(25-3)14(22)18(2)17(9-20,26-4)15(23)19(16)13(11)12/h5-7,12-13,20H,8-9H2,1-4H3/t12-,13-,16+,17+/m0/s1. The van der Waals surface area contributed by atoms with Crippen LogP contribution < -0.4 is 0 Å². The van der Waals surface area contributed by atoms with E-state index in [1.807, 2.05) is 6.08 Å². The van der Waals surface area contributed by atoms with Crippen LogP contribution in [0.2, 0.25) is 0 Å². The molecule has 0 unspecified atom stereocenters. The first-order chi connectivity index (χ1) is 12.3. The minimum absolute atomic E-state index is 0.232. The van der Waals surface area contributed by atoms with Gasteiger partial charge in [0.1, 0.15) is 6.10 Å². The molecule has 0 spiro atoms. The molecule has 0 bridgehead atoms. The highest BCUT2D eigenvalue weighted by atomic mass is 32.2. The lowest BCUT2D eigenvalue weighted by Gasteiger charge is -2.53. The van der Waals surface area contributed by atoms with E-state index in [0.717, 1.165) is 17.3 Å². The van der Waals surface area contributed by atoms with Crippen LogP contribution in [0.3, 0.4) is 0 Å². The summed E-state index contributed by atoms with van der Waals surface area (Å²) < 4.78 is 5.43. The van der Waals surface area contributed by atoms with Crippen molar-refractivity contribution in [2.24, 2.45) is 0 Å². The van der Waals surface area contributed by atoms with E-state index in [2.05, 4.69) is 0 Å². The lowest BCUT2D eigenvalue weighted by molar-refractivity contribution is -0.169. The number of aliphatic hydroxyl groups excluding tert-OH is 1.